The van der Waals surface area contributed by atoms with Gasteiger partial charge in [-0.3, -0.25) is 25.0 Å². The Morgan fingerprint density at radius 3 is 2.35 bits per heavy atom. The molecule has 1 heterocycles. The van der Waals surface area contributed by atoms with E-state index >= 15 is 0 Å². The van der Waals surface area contributed by atoms with Crippen LogP contribution in [-0.4, -0.2) is 22.9 Å². The molecular formula is C20H17N3O8. The van der Waals surface area contributed by atoms with Crippen molar-refractivity contribution in [1.82, 2.24) is 0 Å². The molecule has 0 bridgehead atoms. The van der Waals surface area contributed by atoms with Crippen molar-refractivity contribution in [2.45, 2.75) is 13.5 Å². The Hall–Kier alpha value is -4.41. The third kappa shape index (κ3) is 4.96. The smallest absolute Gasteiger partial charge is 0.296 e. The Morgan fingerprint density at radius 1 is 1.00 bits per heavy atom. The number of carbonyl (C=O) groups excluding carboxylic acids is 1. The number of amides is 1. The lowest BCUT2D eigenvalue weighted by Gasteiger charge is -2.07. The van der Waals surface area contributed by atoms with Crippen molar-refractivity contribution < 1.29 is 28.5 Å². The average molecular weight is 427 g/mol. The minimum atomic E-state index is -0.675. The van der Waals surface area contributed by atoms with E-state index in [4.69, 9.17) is 13.9 Å². The van der Waals surface area contributed by atoms with Crippen molar-refractivity contribution >= 4 is 23.0 Å². The zero-order chi connectivity index (χ0) is 22.5. The Balaban J connectivity index is 1.67. The Morgan fingerprint density at radius 2 is 1.71 bits per heavy atom. The number of rotatable bonds is 8. The molecule has 2 aromatic carbocycles. The van der Waals surface area contributed by atoms with Crippen LogP contribution in [0.25, 0.3) is 0 Å². The average Bonchev–Trinajstić information content (AvgIpc) is 3.21. The number of benzene rings is 2. The molecule has 160 valence electrons. The number of nitro groups is 2. The lowest BCUT2D eigenvalue weighted by atomic mass is 10.2. The number of nitrogens with zero attached hydrogens (tertiary/aromatic N) is 2. The maximum Gasteiger partial charge on any atom is 0.296 e. The standard InChI is InChI=1S/C20H17N3O8/c1-12-9-14(4-7-17(12)22(25)26)30-11-15-5-8-19(31-15)20(24)21-16-6-3-13(29-2)10-18(16)23(27)28/h3-10H,11H2,1-2H3,(H,21,24). The van der Waals surface area contributed by atoms with Crippen LogP contribution in [0.3, 0.4) is 0 Å². The maximum atomic E-state index is 12.4. The molecule has 1 amide bonds. The minimum absolute atomic E-state index is 0.00800. The molecule has 1 N–H and O–H groups in total. The van der Waals surface area contributed by atoms with Gasteiger partial charge in [-0.1, -0.05) is 0 Å². The van der Waals surface area contributed by atoms with Crippen molar-refractivity contribution in [3.8, 4) is 11.5 Å². The van der Waals surface area contributed by atoms with Crippen LogP contribution in [0.15, 0.2) is 52.9 Å². The molecule has 0 aliphatic heterocycles. The number of nitrogens with one attached hydrogen (secondary N) is 1. The van der Waals surface area contributed by atoms with E-state index in [-0.39, 0.29) is 35.2 Å². The van der Waals surface area contributed by atoms with Crippen LogP contribution in [0.5, 0.6) is 11.5 Å². The number of ether oxygens (including phenoxy) is 2. The summed E-state index contributed by atoms with van der Waals surface area (Å²) in [7, 11) is 1.38. The molecule has 1 aromatic heterocycles. The zero-order valence-corrected chi connectivity index (χ0v) is 16.5. The molecule has 11 heteroatoms. The van der Waals surface area contributed by atoms with Gasteiger partial charge in [0.05, 0.1) is 23.0 Å². The summed E-state index contributed by atoms with van der Waals surface area (Å²) in [6.07, 6.45) is 0. The summed E-state index contributed by atoms with van der Waals surface area (Å²) >= 11 is 0. The van der Waals surface area contributed by atoms with Crippen molar-refractivity contribution in [1.29, 1.82) is 0 Å². The molecule has 11 nitrogen and oxygen atoms in total. The van der Waals surface area contributed by atoms with Gasteiger partial charge in [-0.2, -0.15) is 0 Å². The van der Waals surface area contributed by atoms with E-state index in [2.05, 4.69) is 5.32 Å². The fourth-order valence-electron chi connectivity index (χ4n) is 2.73. The zero-order valence-electron chi connectivity index (χ0n) is 16.5. The Bertz CT molecular complexity index is 1160. The summed E-state index contributed by atoms with van der Waals surface area (Å²) in [6.45, 7) is 1.58. The molecule has 0 aliphatic rings. The summed E-state index contributed by atoms with van der Waals surface area (Å²) < 4.78 is 15.9. The first-order valence-corrected chi connectivity index (χ1v) is 8.89. The van der Waals surface area contributed by atoms with E-state index in [0.717, 1.165) is 0 Å². The van der Waals surface area contributed by atoms with Crippen LogP contribution in [0.1, 0.15) is 21.9 Å². The highest BCUT2D eigenvalue weighted by atomic mass is 16.6. The molecular weight excluding hydrogens is 410 g/mol. The largest absolute Gasteiger partial charge is 0.496 e. The lowest BCUT2D eigenvalue weighted by molar-refractivity contribution is -0.385. The number of furan rings is 1. The highest BCUT2D eigenvalue weighted by Crippen LogP contribution is 2.29. The minimum Gasteiger partial charge on any atom is -0.496 e. The van der Waals surface area contributed by atoms with Crippen molar-refractivity contribution in [3.05, 3.63) is 85.8 Å². The highest BCUT2D eigenvalue weighted by molar-refractivity contribution is 6.03. The van der Waals surface area contributed by atoms with Gasteiger partial charge in [-0.15, -0.1) is 0 Å². The molecule has 3 rings (SSSR count). The van der Waals surface area contributed by atoms with Crippen molar-refractivity contribution in [2.75, 3.05) is 12.4 Å². The first-order chi connectivity index (χ1) is 14.8. The number of nitro benzene ring substituents is 2. The van der Waals surface area contributed by atoms with Gasteiger partial charge in [0, 0.05) is 11.6 Å². The lowest BCUT2D eigenvalue weighted by Crippen LogP contribution is -2.12. The Kier molecular flexibility index (Phi) is 6.15. The second-order valence-electron chi connectivity index (χ2n) is 6.35. The summed E-state index contributed by atoms with van der Waals surface area (Å²) in [6, 6.07) is 11.3. The van der Waals surface area contributed by atoms with Gasteiger partial charge in [-0.25, -0.2) is 0 Å². The van der Waals surface area contributed by atoms with Crippen LogP contribution in [0.2, 0.25) is 0 Å². The number of methoxy groups -OCH3 is 1. The molecule has 31 heavy (non-hydrogen) atoms. The van der Waals surface area contributed by atoms with Gasteiger partial charge in [0.25, 0.3) is 17.3 Å². The third-order valence-electron chi connectivity index (χ3n) is 4.28. The van der Waals surface area contributed by atoms with Crippen LogP contribution in [-0.2, 0) is 6.61 Å². The first kappa shape index (κ1) is 21.3. The number of aryl methyl sites for hydroxylation is 1. The first-order valence-electron chi connectivity index (χ1n) is 8.89. The monoisotopic (exact) mass is 427 g/mol. The summed E-state index contributed by atoms with van der Waals surface area (Å²) in [5, 5.41) is 24.5. The second kappa shape index (κ2) is 8.95. The molecule has 0 saturated carbocycles. The van der Waals surface area contributed by atoms with Gasteiger partial charge in [0.15, 0.2) is 5.76 Å². The number of carbonyl (C=O) groups is 1. The van der Waals surface area contributed by atoms with Gasteiger partial charge in [0.1, 0.15) is 29.6 Å². The number of hydrogen-bond donors (Lipinski definition) is 1. The maximum absolute atomic E-state index is 12.4. The molecule has 0 unspecified atom stereocenters. The van der Waals surface area contributed by atoms with Crippen LogP contribution in [0, 0.1) is 27.2 Å². The van der Waals surface area contributed by atoms with Crippen molar-refractivity contribution in [2.24, 2.45) is 0 Å². The van der Waals surface area contributed by atoms with E-state index in [1.165, 1.54) is 55.6 Å². The van der Waals surface area contributed by atoms with Crippen LogP contribution in [0.4, 0.5) is 17.1 Å². The van der Waals surface area contributed by atoms with Gasteiger partial charge < -0.3 is 19.2 Å². The summed E-state index contributed by atoms with van der Waals surface area (Å²) in [5.74, 6) is 0.266. The van der Waals surface area contributed by atoms with Crippen molar-refractivity contribution in [3.63, 3.8) is 0 Å². The summed E-state index contributed by atoms with van der Waals surface area (Å²) in [5.41, 5.74) is 0.0998. The Labute approximate surface area is 175 Å². The molecule has 0 fully saturated rings. The molecule has 0 saturated heterocycles. The topological polar surface area (TPSA) is 147 Å². The highest BCUT2D eigenvalue weighted by Gasteiger charge is 2.20. The van der Waals surface area contributed by atoms with Crippen LogP contribution < -0.4 is 14.8 Å². The summed E-state index contributed by atoms with van der Waals surface area (Å²) in [4.78, 5) is 33.4. The predicted octanol–water partition coefficient (Wildman–Crippen LogP) is 4.24. The third-order valence-corrected chi connectivity index (χ3v) is 4.28. The van der Waals surface area contributed by atoms with Crippen LogP contribution >= 0.6 is 0 Å². The SMILES string of the molecule is COc1ccc(NC(=O)c2ccc(COc3ccc([N+](=O)[O-])c(C)c3)o2)c([N+](=O)[O-])c1. The van der Waals surface area contributed by atoms with E-state index in [1.807, 2.05) is 0 Å². The van der Waals surface area contributed by atoms with E-state index < -0.39 is 15.8 Å². The molecule has 3 aromatic rings. The number of anilines is 1. The van der Waals surface area contributed by atoms with E-state index in [0.29, 0.717) is 17.1 Å². The fourth-order valence-corrected chi connectivity index (χ4v) is 2.73. The van der Waals surface area contributed by atoms with E-state index in [9.17, 15) is 25.0 Å². The fraction of sp³-hybridized carbons (Fsp3) is 0.150. The normalized spacial score (nSPS) is 10.4. The second-order valence-corrected chi connectivity index (χ2v) is 6.35. The van der Waals surface area contributed by atoms with E-state index in [1.54, 1.807) is 6.92 Å². The quantitative estimate of drug-likeness (QED) is 0.414. The van der Waals surface area contributed by atoms with Gasteiger partial charge in [0.2, 0.25) is 0 Å². The van der Waals surface area contributed by atoms with Gasteiger partial charge >= 0.3 is 0 Å². The van der Waals surface area contributed by atoms with Gasteiger partial charge in [-0.05, 0) is 43.3 Å². The molecule has 0 aliphatic carbocycles. The molecule has 0 radical (unpaired) electrons. The predicted molar refractivity (Wildman–Crippen MR) is 108 cm³/mol. The molecule has 0 atom stereocenters. The number of hydrogen-bond acceptors (Lipinski definition) is 8. The molecule has 0 spiro atoms.